The number of hydrogen-bond donors (Lipinski definition) is 2. The van der Waals surface area contributed by atoms with Crippen LogP contribution in [0.2, 0.25) is 0 Å². The molecule has 0 spiro atoms. The Morgan fingerprint density at radius 2 is 1.88 bits per heavy atom. The van der Waals surface area contributed by atoms with E-state index in [1.54, 1.807) is 24.3 Å². The average molecular weight is 345 g/mol. The molecule has 0 bridgehead atoms. The van der Waals surface area contributed by atoms with Crippen molar-refractivity contribution in [3.63, 3.8) is 0 Å². The van der Waals surface area contributed by atoms with E-state index in [1.807, 2.05) is 12.1 Å². The van der Waals surface area contributed by atoms with Gasteiger partial charge >= 0.3 is 0 Å². The number of rotatable bonds is 4. The van der Waals surface area contributed by atoms with E-state index in [4.69, 9.17) is 10.9 Å². The van der Waals surface area contributed by atoms with E-state index in [0.717, 1.165) is 23.2 Å². The largest absolute Gasteiger partial charge is 0.366 e. The van der Waals surface area contributed by atoms with Gasteiger partial charge in [0.1, 0.15) is 0 Å². The maximum Gasteiger partial charge on any atom is 0.248 e. The molecule has 0 aromatic heterocycles. The van der Waals surface area contributed by atoms with Gasteiger partial charge in [0, 0.05) is 23.8 Å². The average Bonchev–Trinajstić information content (AvgIpc) is 2.82. The normalized spacial score (nSPS) is 16.9. The summed E-state index contributed by atoms with van der Waals surface area (Å²) in [5, 5.41) is 5.20. The fraction of sp³-hybridized carbons (Fsp3) is 0.235. The van der Waals surface area contributed by atoms with Crippen LogP contribution >= 0.6 is 0 Å². The Balaban J connectivity index is 1.87. The lowest BCUT2D eigenvalue weighted by Gasteiger charge is -2.25. The minimum absolute atomic E-state index is 0.140. The summed E-state index contributed by atoms with van der Waals surface area (Å²) < 4.78 is 23.0. The highest BCUT2D eigenvalue weighted by Gasteiger charge is 2.27. The molecule has 126 valence electrons. The van der Waals surface area contributed by atoms with Crippen LogP contribution in [0.25, 0.3) is 0 Å². The predicted molar refractivity (Wildman–Crippen MR) is 92.1 cm³/mol. The Kier molecular flexibility index (Phi) is 4.06. The van der Waals surface area contributed by atoms with Gasteiger partial charge in [0.15, 0.2) is 0 Å². The second-order valence-corrected chi connectivity index (χ2v) is 7.64. The number of primary sulfonamides is 1. The van der Waals surface area contributed by atoms with Gasteiger partial charge in [-0.3, -0.25) is 4.79 Å². The third-order valence-corrected chi connectivity index (χ3v) is 5.24. The smallest absolute Gasteiger partial charge is 0.248 e. The van der Waals surface area contributed by atoms with Crippen LogP contribution in [0.1, 0.15) is 28.4 Å². The first-order chi connectivity index (χ1) is 11.3. The van der Waals surface area contributed by atoms with Crippen molar-refractivity contribution < 1.29 is 13.2 Å². The summed E-state index contributed by atoms with van der Waals surface area (Å²) in [6.45, 7) is 2.76. The van der Waals surface area contributed by atoms with Crippen LogP contribution in [0.4, 0.5) is 5.69 Å². The van der Waals surface area contributed by atoms with Crippen molar-refractivity contribution in [2.24, 2.45) is 10.9 Å². The number of nitrogens with zero attached hydrogens (tertiary/aromatic N) is 1. The monoisotopic (exact) mass is 345 g/mol. The molecule has 3 rings (SSSR count). The van der Waals surface area contributed by atoms with Gasteiger partial charge in [0.05, 0.1) is 4.90 Å². The lowest BCUT2D eigenvalue weighted by atomic mass is 10.1. The van der Waals surface area contributed by atoms with Crippen LogP contribution in [-0.2, 0) is 23.0 Å². The topological polar surface area (TPSA) is 106 Å². The molecule has 1 heterocycles. The zero-order chi connectivity index (χ0) is 17.5. The molecule has 0 radical (unpaired) electrons. The zero-order valence-corrected chi connectivity index (χ0v) is 14.1. The molecule has 0 aliphatic carbocycles. The van der Waals surface area contributed by atoms with E-state index in [0.29, 0.717) is 12.1 Å². The van der Waals surface area contributed by atoms with Gasteiger partial charge in [0.2, 0.25) is 15.9 Å². The molecule has 2 aromatic rings. The van der Waals surface area contributed by atoms with Crippen molar-refractivity contribution in [1.82, 2.24) is 0 Å². The van der Waals surface area contributed by atoms with Gasteiger partial charge in [-0.15, -0.1) is 0 Å². The maximum atomic E-state index is 11.5. The summed E-state index contributed by atoms with van der Waals surface area (Å²) in [4.78, 5) is 13.5. The van der Waals surface area contributed by atoms with Gasteiger partial charge in [0.25, 0.3) is 0 Å². The Morgan fingerprint density at radius 3 is 2.46 bits per heavy atom. The second-order valence-electron chi connectivity index (χ2n) is 6.08. The summed E-state index contributed by atoms with van der Waals surface area (Å²) in [7, 11) is -3.69. The molecule has 1 aliphatic heterocycles. The van der Waals surface area contributed by atoms with E-state index in [1.165, 1.54) is 6.07 Å². The number of sulfonamides is 1. The molecule has 1 unspecified atom stereocenters. The maximum absolute atomic E-state index is 11.5. The van der Waals surface area contributed by atoms with Crippen LogP contribution in [0.3, 0.4) is 0 Å². The predicted octanol–water partition coefficient (Wildman–Crippen LogP) is 1.38. The Bertz CT molecular complexity index is 892. The summed E-state index contributed by atoms with van der Waals surface area (Å²) in [6, 6.07) is 12.4. The number of nitrogens with two attached hydrogens (primary N) is 2. The van der Waals surface area contributed by atoms with Crippen molar-refractivity contribution in [1.29, 1.82) is 0 Å². The van der Waals surface area contributed by atoms with Crippen molar-refractivity contribution in [2.75, 3.05) is 4.90 Å². The van der Waals surface area contributed by atoms with Crippen LogP contribution in [0.15, 0.2) is 47.4 Å². The molecular weight excluding hydrogens is 326 g/mol. The third-order valence-electron chi connectivity index (χ3n) is 4.33. The van der Waals surface area contributed by atoms with E-state index in [-0.39, 0.29) is 10.9 Å². The highest BCUT2D eigenvalue weighted by atomic mass is 32.2. The fourth-order valence-corrected chi connectivity index (χ4v) is 3.62. The van der Waals surface area contributed by atoms with Crippen molar-refractivity contribution in [3.05, 3.63) is 59.2 Å². The molecule has 2 aromatic carbocycles. The molecule has 1 amide bonds. The molecule has 7 heteroatoms. The zero-order valence-electron chi connectivity index (χ0n) is 13.3. The number of carbonyl (C=O) groups is 1. The summed E-state index contributed by atoms with van der Waals surface area (Å²) in [5.41, 5.74) is 8.77. The molecule has 1 atom stereocenters. The number of fused-ring (bicyclic) bond motifs is 1. The number of anilines is 1. The molecule has 1 aliphatic rings. The molecule has 6 nitrogen and oxygen atoms in total. The fourth-order valence-electron chi connectivity index (χ4n) is 3.06. The lowest BCUT2D eigenvalue weighted by molar-refractivity contribution is 0.100. The molecule has 0 fully saturated rings. The number of benzene rings is 2. The summed E-state index contributed by atoms with van der Waals surface area (Å²) in [6.07, 6.45) is 0.762. The second kappa shape index (κ2) is 5.92. The SMILES string of the molecule is CC1Cc2cc(S(N)(=O)=O)ccc2N1Cc1ccc(C(N)=O)cc1. The van der Waals surface area contributed by atoms with Crippen LogP contribution in [0, 0.1) is 0 Å². The van der Waals surface area contributed by atoms with Gasteiger partial charge < -0.3 is 10.6 Å². The van der Waals surface area contributed by atoms with Gasteiger partial charge in [-0.25, -0.2) is 13.6 Å². The third kappa shape index (κ3) is 3.13. The minimum atomic E-state index is -3.69. The van der Waals surface area contributed by atoms with Crippen molar-refractivity contribution >= 4 is 21.6 Å². The summed E-state index contributed by atoms with van der Waals surface area (Å²) >= 11 is 0. The molecule has 24 heavy (non-hydrogen) atoms. The Morgan fingerprint density at radius 1 is 1.21 bits per heavy atom. The highest BCUT2D eigenvalue weighted by molar-refractivity contribution is 7.89. The first-order valence-electron chi connectivity index (χ1n) is 7.57. The number of amides is 1. The van der Waals surface area contributed by atoms with Crippen molar-refractivity contribution in [2.45, 2.75) is 30.8 Å². The number of carbonyl (C=O) groups excluding carboxylic acids is 1. The van der Waals surface area contributed by atoms with Gasteiger partial charge in [-0.1, -0.05) is 12.1 Å². The van der Waals surface area contributed by atoms with E-state index >= 15 is 0 Å². The van der Waals surface area contributed by atoms with Gasteiger partial charge in [-0.2, -0.15) is 0 Å². The quantitative estimate of drug-likeness (QED) is 0.873. The first-order valence-corrected chi connectivity index (χ1v) is 9.11. The highest BCUT2D eigenvalue weighted by Crippen LogP contribution is 2.34. The van der Waals surface area contributed by atoms with Gasteiger partial charge in [-0.05, 0) is 54.8 Å². The van der Waals surface area contributed by atoms with Crippen molar-refractivity contribution in [3.8, 4) is 0 Å². The Labute approximate surface area is 141 Å². The van der Waals surface area contributed by atoms with Crippen LogP contribution < -0.4 is 15.8 Å². The Hall–Kier alpha value is -2.38. The molecule has 0 saturated carbocycles. The standard InChI is InChI=1S/C17H19N3O3S/c1-11-8-14-9-15(24(19,22)23)6-7-16(14)20(11)10-12-2-4-13(5-3-12)17(18)21/h2-7,9,11H,8,10H2,1H3,(H2,18,21)(H2,19,22,23). The number of hydrogen-bond acceptors (Lipinski definition) is 4. The van der Waals surface area contributed by atoms with Crippen LogP contribution in [-0.4, -0.2) is 20.4 Å². The first kappa shape index (κ1) is 16.5. The minimum Gasteiger partial charge on any atom is -0.366 e. The van der Waals surface area contributed by atoms with E-state index in [9.17, 15) is 13.2 Å². The molecule has 0 saturated heterocycles. The molecule has 4 N–H and O–H groups in total. The van der Waals surface area contributed by atoms with E-state index < -0.39 is 15.9 Å². The lowest BCUT2D eigenvalue weighted by Crippen LogP contribution is -2.28. The van der Waals surface area contributed by atoms with E-state index in [2.05, 4.69) is 11.8 Å². The van der Waals surface area contributed by atoms with Crippen LogP contribution in [0.5, 0.6) is 0 Å². The number of primary amides is 1. The molecular formula is C17H19N3O3S. The summed E-state index contributed by atoms with van der Waals surface area (Å²) in [5.74, 6) is -0.447.